The second-order valence-electron chi connectivity index (χ2n) is 5.23. The van der Waals surface area contributed by atoms with Gasteiger partial charge in [0.25, 0.3) is 0 Å². The number of benzene rings is 2. The van der Waals surface area contributed by atoms with Crippen molar-refractivity contribution >= 4 is 55.6 Å². The van der Waals surface area contributed by atoms with Crippen molar-refractivity contribution in [3.8, 4) is 11.5 Å². The first-order valence-electron chi connectivity index (χ1n) is 7.72. The second-order valence-corrected chi connectivity index (χ2v) is 6.94. The van der Waals surface area contributed by atoms with Crippen LogP contribution in [0.1, 0.15) is 12.0 Å². The maximum absolute atomic E-state index is 11.9. The van der Waals surface area contributed by atoms with Gasteiger partial charge < -0.3 is 14.8 Å². The van der Waals surface area contributed by atoms with Crippen LogP contribution in [0.25, 0.3) is 0 Å². The van der Waals surface area contributed by atoms with Crippen LogP contribution < -0.4 is 20.2 Å². The first-order chi connectivity index (χ1) is 12.9. The van der Waals surface area contributed by atoms with Crippen molar-refractivity contribution in [1.82, 2.24) is 5.43 Å². The number of nitrogens with zero attached hydrogens (tertiary/aromatic N) is 1. The minimum atomic E-state index is -0.539. The molecule has 2 amide bonds. The smallest absolute Gasteiger partial charge is 0.249 e. The molecule has 0 fully saturated rings. The SMILES string of the molecule is COc1cc(OC)c(C=NNC(=O)CC(=O)Nc2ccccc2Br)cc1Br. The van der Waals surface area contributed by atoms with Crippen LogP contribution in [0, 0.1) is 0 Å². The highest BCUT2D eigenvalue weighted by molar-refractivity contribution is 9.11. The molecule has 0 atom stereocenters. The molecular formula is C18H17Br2N3O4. The van der Waals surface area contributed by atoms with Crippen molar-refractivity contribution in [2.75, 3.05) is 19.5 Å². The fourth-order valence-corrected chi connectivity index (χ4v) is 3.01. The molecule has 0 saturated heterocycles. The first-order valence-corrected chi connectivity index (χ1v) is 9.31. The molecule has 0 radical (unpaired) electrons. The lowest BCUT2D eigenvalue weighted by Crippen LogP contribution is -2.24. The Kier molecular flexibility index (Phi) is 7.81. The number of anilines is 1. The number of hydrogen-bond acceptors (Lipinski definition) is 5. The van der Waals surface area contributed by atoms with E-state index in [2.05, 4.69) is 47.7 Å². The lowest BCUT2D eigenvalue weighted by molar-refractivity contribution is -0.126. The highest BCUT2D eigenvalue weighted by atomic mass is 79.9. The van der Waals surface area contributed by atoms with E-state index in [0.717, 1.165) is 4.47 Å². The summed E-state index contributed by atoms with van der Waals surface area (Å²) in [5, 5.41) is 6.52. The van der Waals surface area contributed by atoms with Gasteiger partial charge in [-0.2, -0.15) is 5.10 Å². The van der Waals surface area contributed by atoms with Crippen LogP contribution in [0.2, 0.25) is 0 Å². The zero-order chi connectivity index (χ0) is 19.8. The van der Waals surface area contributed by atoms with Crippen LogP contribution in [0.5, 0.6) is 11.5 Å². The third-order valence-corrected chi connectivity index (χ3v) is 4.68. The summed E-state index contributed by atoms with van der Waals surface area (Å²) in [5.74, 6) is 0.151. The Morgan fingerprint density at radius 1 is 1.04 bits per heavy atom. The lowest BCUT2D eigenvalue weighted by Gasteiger charge is -2.09. The molecule has 0 bridgehead atoms. The van der Waals surface area contributed by atoms with Crippen LogP contribution in [0.15, 0.2) is 50.4 Å². The van der Waals surface area contributed by atoms with Crippen LogP contribution in [0.4, 0.5) is 5.69 Å². The second kappa shape index (κ2) is 10.1. The van der Waals surface area contributed by atoms with Gasteiger partial charge in [-0.15, -0.1) is 0 Å². The Bertz CT molecular complexity index is 872. The van der Waals surface area contributed by atoms with Crippen molar-refractivity contribution in [3.63, 3.8) is 0 Å². The van der Waals surface area contributed by atoms with E-state index in [4.69, 9.17) is 9.47 Å². The molecule has 2 aromatic carbocycles. The molecule has 2 N–H and O–H groups in total. The summed E-state index contributed by atoms with van der Waals surface area (Å²) in [5.41, 5.74) is 3.54. The predicted octanol–water partition coefficient (Wildman–Crippen LogP) is 3.71. The van der Waals surface area contributed by atoms with E-state index < -0.39 is 11.8 Å². The molecule has 2 aromatic rings. The largest absolute Gasteiger partial charge is 0.496 e. The predicted molar refractivity (Wildman–Crippen MR) is 110 cm³/mol. The summed E-state index contributed by atoms with van der Waals surface area (Å²) >= 11 is 6.70. The van der Waals surface area contributed by atoms with E-state index in [1.54, 1.807) is 37.4 Å². The quantitative estimate of drug-likeness (QED) is 0.346. The average molecular weight is 499 g/mol. The number of halogens is 2. The van der Waals surface area contributed by atoms with Gasteiger partial charge in [0, 0.05) is 16.1 Å². The van der Waals surface area contributed by atoms with E-state index in [0.29, 0.717) is 27.2 Å². The van der Waals surface area contributed by atoms with Crippen LogP contribution >= 0.6 is 31.9 Å². The lowest BCUT2D eigenvalue weighted by atomic mass is 10.2. The van der Waals surface area contributed by atoms with Crippen LogP contribution in [-0.2, 0) is 9.59 Å². The zero-order valence-corrected chi connectivity index (χ0v) is 17.8. The molecule has 0 aliphatic heterocycles. The van der Waals surface area contributed by atoms with Gasteiger partial charge in [-0.1, -0.05) is 12.1 Å². The van der Waals surface area contributed by atoms with Crippen LogP contribution in [0.3, 0.4) is 0 Å². The van der Waals surface area contributed by atoms with Crippen molar-refractivity contribution in [3.05, 3.63) is 50.9 Å². The summed E-state index contributed by atoms with van der Waals surface area (Å²) in [4.78, 5) is 23.8. The topological polar surface area (TPSA) is 89.0 Å². The fourth-order valence-electron chi connectivity index (χ4n) is 2.10. The summed E-state index contributed by atoms with van der Waals surface area (Å²) in [6.45, 7) is 0. The van der Waals surface area contributed by atoms with Gasteiger partial charge in [0.15, 0.2) is 0 Å². The maximum atomic E-state index is 11.9. The van der Waals surface area contributed by atoms with Gasteiger partial charge >= 0.3 is 0 Å². The number of nitrogens with one attached hydrogen (secondary N) is 2. The van der Waals surface area contributed by atoms with E-state index in [9.17, 15) is 9.59 Å². The highest BCUT2D eigenvalue weighted by Crippen LogP contribution is 2.31. The van der Waals surface area contributed by atoms with Gasteiger partial charge in [-0.3, -0.25) is 9.59 Å². The Morgan fingerprint density at radius 2 is 1.74 bits per heavy atom. The standard InChI is InChI=1S/C18H17Br2N3O4/c1-26-15-8-16(27-2)13(20)7-11(15)10-21-23-18(25)9-17(24)22-14-6-4-3-5-12(14)19/h3-8,10H,9H2,1-2H3,(H,22,24)(H,23,25). The third-order valence-electron chi connectivity index (χ3n) is 3.37. The van der Waals surface area contributed by atoms with Crippen molar-refractivity contribution in [1.29, 1.82) is 0 Å². The Hall–Kier alpha value is -2.39. The minimum Gasteiger partial charge on any atom is -0.496 e. The zero-order valence-electron chi connectivity index (χ0n) is 14.6. The number of amides is 2. The molecule has 0 heterocycles. The van der Waals surface area contributed by atoms with Gasteiger partial charge in [-0.25, -0.2) is 5.43 Å². The van der Waals surface area contributed by atoms with E-state index in [1.807, 2.05) is 6.07 Å². The summed E-state index contributed by atoms with van der Waals surface area (Å²) in [6, 6.07) is 10.6. The average Bonchev–Trinajstić information content (AvgIpc) is 2.63. The Balaban J connectivity index is 1.94. The summed E-state index contributed by atoms with van der Waals surface area (Å²) in [7, 11) is 3.07. The van der Waals surface area contributed by atoms with E-state index >= 15 is 0 Å². The molecule has 0 aromatic heterocycles. The molecule has 7 nitrogen and oxygen atoms in total. The molecule has 9 heteroatoms. The molecule has 142 valence electrons. The monoisotopic (exact) mass is 497 g/mol. The van der Waals surface area contributed by atoms with Crippen LogP contribution in [-0.4, -0.2) is 32.2 Å². The number of hydrazone groups is 1. The van der Waals surface area contributed by atoms with Gasteiger partial charge in [-0.05, 0) is 50.1 Å². The van der Waals surface area contributed by atoms with Crippen molar-refractivity contribution in [2.24, 2.45) is 5.10 Å². The summed E-state index contributed by atoms with van der Waals surface area (Å²) in [6.07, 6.45) is 1.06. The maximum Gasteiger partial charge on any atom is 0.249 e. The third kappa shape index (κ3) is 6.07. The first kappa shape index (κ1) is 20.9. The molecule has 0 unspecified atom stereocenters. The number of carbonyl (C=O) groups excluding carboxylic acids is 2. The number of hydrogen-bond donors (Lipinski definition) is 2. The minimum absolute atomic E-state index is 0.359. The van der Waals surface area contributed by atoms with Gasteiger partial charge in [0.2, 0.25) is 11.8 Å². The summed E-state index contributed by atoms with van der Waals surface area (Å²) < 4.78 is 11.9. The molecular weight excluding hydrogens is 482 g/mol. The van der Waals surface area contributed by atoms with E-state index in [-0.39, 0.29) is 6.42 Å². The van der Waals surface area contributed by atoms with Crippen molar-refractivity contribution < 1.29 is 19.1 Å². The van der Waals surface area contributed by atoms with E-state index in [1.165, 1.54) is 13.3 Å². The Morgan fingerprint density at radius 3 is 2.41 bits per heavy atom. The molecule has 0 aliphatic rings. The highest BCUT2D eigenvalue weighted by Gasteiger charge is 2.11. The fraction of sp³-hybridized carbons (Fsp3) is 0.167. The van der Waals surface area contributed by atoms with Gasteiger partial charge in [0.1, 0.15) is 17.9 Å². The molecule has 0 aliphatic carbocycles. The molecule has 0 spiro atoms. The number of methoxy groups -OCH3 is 2. The normalized spacial score (nSPS) is 10.5. The van der Waals surface area contributed by atoms with Crippen molar-refractivity contribution in [2.45, 2.75) is 6.42 Å². The Labute approximate surface area is 173 Å². The molecule has 27 heavy (non-hydrogen) atoms. The molecule has 2 rings (SSSR count). The number of carbonyl (C=O) groups is 2. The number of rotatable bonds is 7. The number of ether oxygens (including phenoxy) is 2. The molecule has 0 saturated carbocycles. The number of para-hydroxylation sites is 1. The van der Waals surface area contributed by atoms with Gasteiger partial charge in [0.05, 0.1) is 30.6 Å².